The Bertz CT molecular complexity index is 550. The molecule has 1 saturated carbocycles. The number of nitrogens with zero attached hydrogens (tertiary/aromatic N) is 1. The summed E-state index contributed by atoms with van der Waals surface area (Å²) in [5, 5.41) is 14.7. The average molecular weight is 340 g/mol. The Kier molecular flexibility index (Phi) is 4.61. The Morgan fingerprint density at radius 2 is 2.15 bits per heavy atom. The lowest BCUT2D eigenvalue weighted by atomic mass is 10.00. The fraction of sp³-hybridized carbons (Fsp3) is 0.429. The van der Waals surface area contributed by atoms with Crippen molar-refractivity contribution in [1.29, 1.82) is 5.26 Å². The van der Waals surface area contributed by atoms with Crippen LogP contribution in [0.5, 0.6) is 0 Å². The largest absolute Gasteiger partial charge is 0.374 e. The minimum absolute atomic E-state index is 0.0536. The van der Waals surface area contributed by atoms with E-state index in [2.05, 4.69) is 32.6 Å². The lowest BCUT2D eigenvalue weighted by molar-refractivity contribution is -0.120. The maximum absolute atomic E-state index is 13.6. The highest BCUT2D eigenvalue weighted by molar-refractivity contribution is 9.10. The first kappa shape index (κ1) is 14.8. The fourth-order valence-corrected chi connectivity index (χ4v) is 2.70. The minimum atomic E-state index is -0.739. The second-order valence-corrected chi connectivity index (χ2v) is 5.84. The van der Waals surface area contributed by atoms with Gasteiger partial charge in [0.25, 0.3) is 0 Å². The van der Waals surface area contributed by atoms with Crippen molar-refractivity contribution in [2.24, 2.45) is 0 Å². The van der Waals surface area contributed by atoms with E-state index in [-0.39, 0.29) is 18.1 Å². The van der Waals surface area contributed by atoms with Gasteiger partial charge in [0, 0.05) is 4.47 Å². The molecule has 0 atom stereocenters. The van der Waals surface area contributed by atoms with Gasteiger partial charge in [-0.3, -0.25) is 4.79 Å². The zero-order valence-corrected chi connectivity index (χ0v) is 12.5. The molecule has 20 heavy (non-hydrogen) atoms. The van der Waals surface area contributed by atoms with Crippen molar-refractivity contribution in [2.45, 2.75) is 31.2 Å². The molecular formula is C14H15BrFN3O. The number of carbonyl (C=O) groups is 1. The van der Waals surface area contributed by atoms with Crippen LogP contribution in [0.3, 0.4) is 0 Å². The molecular weight excluding hydrogens is 325 g/mol. The van der Waals surface area contributed by atoms with Crippen molar-refractivity contribution in [3.05, 3.63) is 28.5 Å². The SMILES string of the molecule is N#CC1(NC(=O)CNc2ccc(Br)cc2F)CCCC1. The van der Waals surface area contributed by atoms with Gasteiger partial charge in [0.1, 0.15) is 11.4 Å². The number of hydrogen-bond donors (Lipinski definition) is 2. The van der Waals surface area contributed by atoms with Crippen LogP contribution in [0, 0.1) is 17.1 Å². The molecule has 0 unspecified atom stereocenters. The maximum atomic E-state index is 13.6. The van der Waals surface area contributed by atoms with E-state index in [4.69, 9.17) is 0 Å². The van der Waals surface area contributed by atoms with E-state index < -0.39 is 11.4 Å². The first-order chi connectivity index (χ1) is 9.54. The molecule has 1 amide bonds. The van der Waals surface area contributed by atoms with Gasteiger partial charge in [-0.1, -0.05) is 15.9 Å². The lowest BCUT2D eigenvalue weighted by Crippen LogP contribution is -2.47. The Morgan fingerprint density at radius 1 is 1.45 bits per heavy atom. The minimum Gasteiger partial charge on any atom is -0.374 e. The maximum Gasteiger partial charge on any atom is 0.240 e. The van der Waals surface area contributed by atoms with Crippen LogP contribution in [0.2, 0.25) is 0 Å². The smallest absolute Gasteiger partial charge is 0.240 e. The number of nitrogens with one attached hydrogen (secondary N) is 2. The summed E-state index contributed by atoms with van der Waals surface area (Å²) in [6.07, 6.45) is 3.26. The van der Waals surface area contributed by atoms with Crippen LogP contribution >= 0.6 is 15.9 Å². The molecule has 0 saturated heterocycles. The molecule has 0 aliphatic heterocycles. The zero-order chi connectivity index (χ0) is 14.6. The zero-order valence-electron chi connectivity index (χ0n) is 10.9. The van der Waals surface area contributed by atoms with E-state index in [9.17, 15) is 14.4 Å². The standard InChI is InChI=1S/C14H15BrFN3O/c15-10-3-4-12(11(16)7-10)18-8-13(20)19-14(9-17)5-1-2-6-14/h3-4,7,18H,1-2,5-6,8H2,(H,19,20). The van der Waals surface area contributed by atoms with Crippen molar-refractivity contribution in [3.63, 3.8) is 0 Å². The van der Waals surface area contributed by atoms with Crippen LogP contribution in [-0.4, -0.2) is 18.0 Å². The van der Waals surface area contributed by atoms with Crippen molar-refractivity contribution in [1.82, 2.24) is 5.32 Å². The summed E-state index contributed by atoms with van der Waals surface area (Å²) in [6, 6.07) is 6.76. The molecule has 0 radical (unpaired) electrons. The molecule has 106 valence electrons. The van der Waals surface area contributed by atoms with Gasteiger partial charge in [-0.15, -0.1) is 0 Å². The lowest BCUT2D eigenvalue weighted by Gasteiger charge is -2.22. The third-order valence-electron chi connectivity index (χ3n) is 3.42. The van der Waals surface area contributed by atoms with Crippen LogP contribution in [0.25, 0.3) is 0 Å². The molecule has 0 aromatic heterocycles. The van der Waals surface area contributed by atoms with Crippen LogP contribution in [-0.2, 0) is 4.79 Å². The third-order valence-corrected chi connectivity index (χ3v) is 3.91. The molecule has 4 nitrogen and oxygen atoms in total. The van der Waals surface area contributed by atoms with E-state index in [1.54, 1.807) is 12.1 Å². The van der Waals surface area contributed by atoms with Gasteiger partial charge in [-0.25, -0.2) is 4.39 Å². The molecule has 0 heterocycles. The van der Waals surface area contributed by atoms with Gasteiger partial charge in [0.15, 0.2) is 0 Å². The van der Waals surface area contributed by atoms with E-state index in [0.29, 0.717) is 17.3 Å². The van der Waals surface area contributed by atoms with Crippen molar-refractivity contribution < 1.29 is 9.18 Å². The predicted octanol–water partition coefficient (Wildman–Crippen LogP) is 2.95. The van der Waals surface area contributed by atoms with Gasteiger partial charge in [0.2, 0.25) is 5.91 Å². The van der Waals surface area contributed by atoms with E-state index in [1.807, 2.05) is 0 Å². The summed E-state index contributed by atoms with van der Waals surface area (Å²) in [6.45, 7) is -0.0536. The van der Waals surface area contributed by atoms with Gasteiger partial charge < -0.3 is 10.6 Å². The number of nitriles is 1. The molecule has 2 N–H and O–H groups in total. The highest BCUT2D eigenvalue weighted by Gasteiger charge is 2.35. The second-order valence-electron chi connectivity index (χ2n) is 4.93. The van der Waals surface area contributed by atoms with Crippen LogP contribution in [0.1, 0.15) is 25.7 Å². The number of amides is 1. The van der Waals surface area contributed by atoms with Crippen LogP contribution in [0.15, 0.2) is 22.7 Å². The van der Waals surface area contributed by atoms with E-state index in [1.165, 1.54) is 6.07 Å². The summed E-state index contributed by atoms with van der Waals surface area (Å²) in [4.78, 5) is 11.9. The van der Waals surface area contributed by atoms with Crippen LogP contribution in [0.4, 0.5) is 10.1 Å². The number of halogens is 2. The molecule has 1 aromatic carbocycles. The first-order valence-electron chi connectivity index (χ1n) is 6.46. The Morgan fingerprint density at radius 3 is 2.75 bits per heavy atom. The summed E-state index contributed by atoms with van der Waals surface area (Å²) in [5.74, 6) is -0.723. The summed E-state index contributed by atoms with van der Waals surface area (Å²) in [5.41, 5.74) is -0.474. The molecule has 0 bridgehead atoms. The molecule has 1 aliphatic rings. The first-order valence-corrected chi connectivity index (χ1v) is 7.25. The summed E-state index contributed by atoms with van der Waals surface area (Å²) >= 11 is 3.17. The van der Waals surface area contributed by atoms with Crippen molar-refractivity contribution >= 4 is 27.5 Å². The molecule has 2 rings (SSSR count). The van der Waals surface area contributed by atoms with Gasteiger partial charge in [0.05, 0.1) is 18.3 Å². The number of hydrogen-bond acceptors (Lipinski definition) is 3. The fourth-order valence-electron chi connectivity index (χ4n) is 2.36. The van der Waals surface area contributed by atoms with Crippen LogP contribution < -0.4 is 10.6 Å². The second kappa shape index (κ2) is 6.23. The molecule has 1 aliphatic carbocycles. The number of carbonyl (C=O) groups excluding carboxylic acids is 1. The number of rotatable bonds is 4. The Hall–Kier alpha value is -1.61. The predicted molar refractivity (Wildman–Crippen MR) is 77.5 cm³/mol. The Labute approximate surface area is 125 Å². The summed E-state index contributed by atoms with van der Waals surface area (Å²) < 4.78 is 14.2. The third kappa shape index (κ3) is 3.48. The normalized spacial score (nSPS) is 16.4. The quantitative estimate of drug-likeness (QED) is 0.886. The molecule has 1 aromatic rings. The number of anilines is 1. The monoisotopic (exact) mass is 339 g/mol. The average Bonchev–Trinajstić information content (AvgIpc) is 2.87. The Balaban J connectivity index is 1.91. The highest BCUT2D eigenvalue weighted by atomic mass is 79.9. The topological polar surface area (TPSA) is 64.9 Å². The van der Waals surface area contributed by atoms with Gasteiger partial charge in [-0.2, -0.15) is 5.26 Å². The van der Waals surface area contributed by atoms with Crippen molar-refractivity contribution in [3.8, 4) is 6.07 Å². The highest BCUT2D eigenvalue weighted by Crippen LogP contribution is 2.28. The van der Waals surface area contributed by atoms with Gasteiger partial charge in [-0.05, 0) is 43.9 Å². The van der Waals surface area contributed by atoms with Gasteiger partial charge >= 0.3 is 0 Å². The number of benzene rings is 1. The molecule has 0 spiro atoms. The molecule has 1 fully saturated rings. The molecule has 6 heteroatoms. The van der Waals surface area contributed by atoms with E-state index in [0.717, 1.165) is 12.8 Å². The van der Waals surface area contributed by atoms with E-state index >= 15 is 0 Å². The van der Waals surface area contributed by atoms with Crippen molar-refractivity contribution in [2.75, 3.05) is 11.9 Å². The summed E-state index contributed by atoms with van der Waals surface area (Å²) in [7, 11) is 0.